The van der Waals surface area contributed by atoms with Crippen molar-refractivity contribution in [3.63, 3.8) is 0 Å². The monoisotopic (exact) mass is 418 g/mol. The Hall–Kier alpha value is -3.26. The summed E-state index contributed by atoms with van der Waals surface area (Å²) in [5.74, 6) is 0.347. The summed E-state index contributed by atoms with van der Waals surface area (Å²) in [6.45, 7) is 2.33. The van der Waals surface area contributed by atoms with Gasteiger partial charge in [-0.1, -0.05) is 11.6 Å². The number of ether oxygens (including phenoxy) is 4. The van der Waals surface area contributed by atoms with Crippen LogP contribution in [0.25, 0.3) is 6.08 Å². The highest BCUT2D eigenvalue weighted by Crippen LogP contribution is 2.40. The maximum absolute atomic E-state index is 12.2. The molecule has 0 spiro atoms. The van der Waals surface area contributed by atoms with Crippen molar-refractivity contribution in [2.75, 3.05) is 25.6 Å². The summed E-state index contributed by atoms with van der Waals surface area (Å²) in [5, 5.41) is 2.70. The smallest absolute Gasteiger partial charge is 0.331 e. The first-order valence-electron chi connectivity index (χ1n) is 8.75. The summed E-state index contributed by atoms with van der Waals surface area (Å²) >= 11 is 5.90. The van der Waals surface area contributed by atoms with Gasteiger partial charge < -0.3 is 24.3 Å². The predicted molar refractivity (Wildman–Crippen MR) is 106 cm³/mol. The lowest BCUT2D eigenvalue weighted by Crippen LogP contribution is -2.29. The number of anilines is 1. The number of pyridine rings is 1. The Kier molecular flexibility index (Phi) is 6.56. The lowest BCUT2D eigenvalue weighted by Gasteiger charge is -2.20. The summed E-state index contributed by atoms with van der Waals surface area (Å²) in [6, 6.07) is 6.65. The lowest BCUT2D eigenvalue weighted by atomic mass is 10.1. The van der Waals surface area contributed by atoms with Gasteiger partial charge in [0.1, 0.15) is 13.2 Å². The van der Waals surface area contributed by atoms with E-state index in [-0.39, 0.29) is 5.15 Å². The third kappa shape index (κ3) is 5.17. The number of carbonyl (C=O) groups is 2. The quantitative estimate of drug-likeness (QED) is 0.437. The number of nitrogens with one attached hydrogen (secondary N) is 1. The van der Waals surface area contributed by atoms with Gasteiger partial charge in [-0.2, -0.15) is 0 Å². The summed E-state index contributed by atoms with van der Waals surface area (Å²) in [5.41, 5.74) is 0.989. The molecule has 8 nitrogen and oxygen atoms in total. The molecule has 1 aliphatic heterocycles. The number of benzene rings is 1. The van der Waals surface area contributed by atoms with E-state index in [1.54, 1.807) is 24.3 Å². The largest absolute Gasteiger partial charge is 0.493 e. The maximum Gasteiger partial charge on any atom is 0.331 e. The van der Waals surface area contributed by atoms with Crippen LogP contribution < -0.4 is 19.5 Å². The highest BCUT2D eigenvalue weighted by molar-refractivity contribution is 6.32. The minimum absolute atomic E-state index is 0.145. The molecular weight excluding hydrogens is 400 g/mol. The van der Waals surface area contributed by atoms with Crippen LogP contribution in [0.5, 0.6) is 17.2 Å². The van der Waals surface area contributed by atoms with E-state index in [0.717, 1.165) is 0 Å². The molecule has 0 aliphatic carbocycles. The molecule has 1 N–H and O–H groups in total. The van der Waals surface area contributed by atoms with Crippen LogP contribution in [0, 0.1) is 0 Å². The van der Waals surface area contributed by atoms with E-state index < -0.39 is 18.0 Å². The Labute approximate surface area is 172 Å². The van der Waals surface area contributed by atoms with Crippen LogP contribution in [-0.4, -0.2) is 43.3 Å². The summed E-state index contributed by atoms with van der Waals surface area (Å²) in [4.78, 5) is 28.1. The topological polar surface area (TPSA) is 96.0 Å². The van der Waals surface area contributed by atoms with Gasteiger partial charge >= 0.3 is 5.97 Å². The fraction of sp³-hybridized carbons (Fsp3) is 0.250. The maximum atomic E-state index is 12.2. The average Bonchev–Trinajstić information content (AvgIpc) is 2.73. The number of halogens is 1. The van der Waals surface area contributed by atoms with Gasteiger partial charge in [0.15, 0.2) is 22.8 Å². The number of rotatable bonds is 6. The predicted octanol–water partition coefficient (Wildman–Crippen LogP) is 3.10. The normalized spacial score (nSPS) is 13.6. The minimum atomic E-state index is -1.03. The molecule has 0 fully saturated rings. The number of esters is 1. The van der Waals surface area contributed by atoms with E-state index in [2.05, 4.69) is 10.3 Å². The van der Waals surface area contributed by atoms with Crippen molar-refractivity contribution in [3.8, 4) is 17.2 Å². The zero-order chi connectivity index (χ0) is 20.8. The number of methoxy groups -OCH3 is 1. The van der Waals surface area contributed by atoms with Gasteiger partial charge in [-0.25, -0.2) is 9.78 Å². The van der Waals surface area contributed by atoms with Crippen molar-refractivity contribution < 1.29 is 28.5 Å². The minimum Gasteiger partial charge on any atom is -0.493 e. The van der Waals surface area contributed by atoms with Gasteiger partial charge in [-0.05, 0) is 42.8 Å². The fourth-order valence-corrected chi connectivity index (χ4v) is 2.70. The lowest BCUT2D eigenvalue weighted by molar-refractivity contribution is -0.148. The number of carbonyl (C=O) groups excluding carboxylic acids is 2. The SMILES string of the molecule is COc1cc(/C=C/C(=O)O[C@H](C)C(=O)Nc2cccnc2Cl)cc2c1OCCO2. The number of amides is 1. The zero-order valence-electron chi connectivity index (χ0n) is 15.8. The highest BCUT2D eigenvalue weighted by Gasteiger charge is 2.19. The van der Waals surface area contributed by atoms with E-state index in [9.17, 15) is 9.59 Å². The van der Waals surface area contributed by atoms with Crippen molar-refractivity contribution in [2.45, 2.75) is 13.0 Å². The summed E-state index contributed by atoms with van der Waals surface area (Å²) in [7, 11) is 1.52. The molecular formula is C20H19ClN2O6. The van der Waals surface area contributed by atoms with E-state index >= 15 is 0 Å². The van der Waals surface area contributed by atoms with E-state index in [1.165, 1.54) is 32.4 Å². The fourth-order valence-electron chi connectivity index (χ4n) is 2.53. The van der Waals surface area contributed by atoms with Crippen LogP contribution in [0.2, 0.25) is 5.15 Å². The third-order valence-electron chi connectivity index (χ3n) is 3.94. The van der Waals surface area contributed by atoms with Crippen LogP contribution >= 0.6 is 11.6 Å². The Balaban J connectivity index is 1.62. The van der Waals surface area contributed by atoms with Gasteiger partial charge in [0.2, 0.25) is 5.75 Å². The van der Waals surface area contributed by atoms with Crippen LogP contribution in [0.3, 0.4) is 0 Å². The average molecular weight is 419 g/mol. The first-order chi connectivity index (χ1) is 14.0. The highest BCUT2D eigenvalue weighted by atomic mass is 35.5. The number of fused-ring (bicyclic) bond motifs is 1. The third-order valence-corrected chi connectivity index (χ3v) is 4.24. The van der Waals surface area contributed by atoms with Crippen molar-refractivity contribution in [3.05, 3.63) is 47.3 Å². The van der Waals surface area contributed by atoms with Crippen molar-refractivity contribution >= 4 is 35.2 Å². The van der Waals surface area contributed by atoms with Crippen LogP contribution in [0.1, 0.15) is 12.5 Å². The second-order valence-corrected chi connectivity index (χ2v) is 6.35. The Morgan fingerprint density at radius 1 is 1.31 bits per heavy atom. The molecule has 3 rings (SSSR count). The molecule has 2 heterocycles. The van der Waals surface area contributed by atoms with Crippen LogP contribution in [0.4, 0.5) is 5.69 Å². The number of aromatic nitrogens is 1. The summed E-state index contributed by atoms with van der Waals surface area (Å²) in [6.07, 6.45) is 3.22. The molecule has 1 aromatic heterocycles. The molecule has 0 saturated carbocycles. The molecule has 152 valence electrons. The number of hydrogen-bond donors (Lipinski definition) is 1. The molecule has 1 aromatic carbocycles. The first-order valence-corrected chi connectivity index (χ1v) is 9.13. The van der Waals surface area contributed by atoms with Gasteiger partial charge in [-0.3, -0.25) is 4.79 Å². The number of nitrogens with zero attached hydrogens (tertiary/aromatic N) is 1. The standard InChI is InChI=1S/C20H19ClN2O6/c1-12(20(25)23-14-4-3-7-22-19(14)21)29-17(24)6-5-13-10-15(26-2)18-16(11-13)27-8-9-28-18/h3-7,10-12H,8-9H2,1-2H3,(H,23,25)/b6-5+/t12-/m1/s1. The van der Waals surface area contributed by atoms with E-state index in [1.807, 2.05) is 0 Å². The Morgan fingerprint density at radius 2 is 2.10 bits per heavy atom. The van der Waals surface area contributed by atoms with Gasteiger partial charge in [0, 0.05) is 12.3 Å². The first kappa shape index (κ1) is 20.5. The molecule has 29 heavy (non-hydrogen) atoms. The zero-order valence-corrected chi connectivity index (χ0v) is 16.6. The van der Waals surface area contributed by atoms with E-state index in [0.29, 0.717) is 41.7 Å². The van der Waals surface area contributed by atoms with Crippen LogP contribution in [0.15, 0.2) is 36.5 Å². The van der Waals surface area contributed by atoms with Crippen LogP contribution in [-0.2, 0) is 14.3 Å². The van der Waals surface area contributed by atoms with Crippen molar-refractivity contribution in [1.82, 2.24) is 4.98 Å². The molecule has 0 radical (unpaired) electrons. The molecule has 0 saturated heterocycles. The number of hydrogen-bond acceptors (Lipinski definition) is 7. The van der Waals surface area contributed by atoms with E-state index in [4.69, 9.17) is 30.5 Å². The molecule has 1 aliphatic rings. The second-order valence-electron chi connectivity index (χ2n) is 5.99. The summed E-state index contributed by atoms with van der Waals surface area (Å²) < 4.78 is 21.5. The molecule has 0 bridgehead atoms. The van der Waals surface area contributed by atoms with Crippen molar-refractivity contribution in [1.29, 1.82) is 0 Å². The molecule has 2 aromatic rings. The molecule has 0 unspecified atom stereocenters. The molecule has 1 amide bonds. The van der Waals surface area contributed by atoms with Crippen molar-refractivity contribution in [2.24, 2.45) is 0 Å². The van der Waals surface area contributed by atoms with Gasteiger partial charge in [0.25, 0.3) is 5.91 Å². The van der Waals surface area contributed by atoms with Gasteiger partial charge in [0.05, 0.1) is 12.8 Å². The Morgan fingerprint density at radius 3 is 2.86 bits per heavy atom. The molecule has 9 heteroatoms. The Bertz CT molecular complexity index is 929. The van der Waals surface area contributed by atoms with Gasteiger partial charge in [-0.15, -0.1) is 0 Å². The molecule has 1 atom stereocenters. The second kappa shape index (κ2) is 9.29.